The maximum Gasteiger partial charge on any atom is 0.218 e. The van der Waals surface area contributed by atoms with Crippen molar-refractivity contribution in [3.8, 4) is 5.88 Å². The molecule has 0 saturated heterocycles. The van der Waals surface area contributed by atoms with E-state index in [9.17, 15) is 4.39 Å². The second kappa shape index (κ2) is 11.0. The largest absolute Gasteiger partial charge is 0.475 e. The summed E-state index contributed by atoms with van der Waals surface area (Å²) in [5.74, 6) is 0.996. The Morgan fingerprint density at radius 1 is 1.15 bits per heavy atom. The van der Waals surface area contributed by atoms with Crippen molar-refractivity contribution in [3.05, 3.63) is 59.5 Å². The summed E-state index contributed by atoms with van der Waals surface area (Å²) in [5.41, 5.74) is 1.87. The van der Waals surface area contributed by atoms with E-state index in [-0.39, 0.29) is 5.82 Å². The summed E-state index contributed by atoms with van der Waals surface area (Å²) in [4.78, 5) is 8.79. The first-order valence-corrected chi connectivity index (χ1v) is 8.55. The molecule has 140 valence electrons. The number of hydrogen-bond acceptors (Lipinski definition) is 4. The van der Waals surface area contributed by atoms with Crippen LogP contribution in [0.3, 0.4) is 0 Å². The predicted octanol–water partition coefficient (Wildman–Crippen LogP) is 2.50. The van der Waals surface area contributed by atoms with Crippen molar-refractivity contribution in [2.45, 2.75) is 20.0 Å². The number of ether oxygens (including phenoxy) is 2. The summed E-state index contributed by atoms with van der Waals surface area (Å²) in [7, 11) is 1.63. The molecule has 0 unspecified atom stereocenters. The lowest BCUT2D eigenvalue weighted by molar-refractivity contribution is 0.143. The standard InChI is InChI=1S/C19H25FN4O2/c1-3-21-19(23-13-15-6-8-17(20)9-7-15)24-14-16-5-4-10-22-18(16)26-12-11-25-2/h4-10H,3,11-14H2,1-2H3,(H2,21,23,24). The van der Waals surface area contributed by atoms with Crippen LogP contribution in [-0.4, -0.2) is 37.8 Å². The Hall–Kier alpha value is -2.67. The molecule has 0 atom stereocenters. The van der Waals surface area contributed by atoms with Gasteiger partial charge in [-0.3, -0.25) is 0 Å². The Morgan fingerprint density at radius 3 is 2.69 bits per heavy atom. The van der Waals surface area contributed by atoms with Gasteiger partial charge in [0.1, 0.15) is 12.4 Å². The van der Waals surface area contributed by atoms with Gasteiger partial charge in [-0.05, 0) is 30.7 Å². The van der Waals surface area contributed by atoms with Crippen molar-refractivity contribution in [2.75, 3.05) is 26.9 Å². The molecule has 0 radical (unpaired) electrons. The van der Waals surface area contributed by atoms with Gasteiger partial charge in [-0.2, -0.15) is 0 Å². The summed E-state index contributed by atoms with van der Waals surface area (Å²) in [6.07, 6.45) is 1.69. The van der Waals surface area contributed by atoms with Gasteiger partial charge in [0.15, 0.2) is 5.96 Å². The number of guanidine groups is 1. The molecule has 0 aliphatic rings. The smallest absolute Gasteiger partial charge is 0.218 e. The predicted molar refractivity (Wildman–Crippen MR) is 99.7 cm³/mol. The molecule has 1 heterocycles. The van der Waals surface area contributed by atoms with Crippen molar-refractivity contribution in [1.29, 1.82) is 0 Å². The van der Waals surface area contributed by atoms with Crippen LogP contribution >= 0.6 is 0 Å². The van der Waals surface area contributed by atoms with Crippen LogP contribution in [-0.2, 0) is 17.8 Å². The van der Waals surface area contributed by atoms with Crippen LogP contribution in [0.25, 0.3) is 0 Å². The molecule has 2 N–H and O–H groups in total. The van der Waals surface area contributed by atoms with Gasteiger partial charge in [0, 0.05) is 32.0 Å². The number of benzene rings is 1. The molecule has 0 amide bonds. The van der Waals surface area contributed by atoms with E-state index in [1.807, 2.05) is 19.1 Å². The van der Waals surface area contributed by atoms with Gasteiger partial charge in [0.05, 0.1) is 13.2 Å². The normalized spacial score (nSPS) is 11.3. The number of pyridine rings is 1. The van der Waals surface area contributed by atoms with E-state index in [0.717, 1.165) is 17.7 Å². The number of rotatable bonds is 9. The van der Waals surface area contributed by atoms with Crippen molar-refractivity contribution in [1.82, 2.24) is 15.6 Å². The summed E-state index contributed by atoms with van der Waals surface area (Å²) in [6, 6.07) is 10.1. The SMILES string of the molecule is CCNC(=NCc1ccc(F)cc1)NCc1cccnc1OCCOC. The van der Waals surface area contributed by atoms with E-state index in [4.69, 9.17) is 9.47 Å². The van der Waals surface area contributed by atoms with Crippen molar-refractivity contribution >= 4 is 5.96 Å². The molecule has 2 rings (SSSR count). The highest BCUT2D eigenvalue weighted by molar-refractivity contribution is 5.79. The van der Waals surface area contributed by atoms with E-state index in [2.05, 4.69) is 20.6 Å². The van der Waals surface area contributed by atoms with E-state index < -0.39 is 0 Å². The number of methoxy groups -OCH3 is 1. The third-order valence-electron chi connectivity index (χ3n) is 3.50. The lowest BCUT2D eigenvalue weighted by Crippen LogP contribution is -2.36. The summed E-state index contributed by atoms with van der Waals surface area (Å²) < 4.78 is 23.6. The molecule has 0 fully saturated rings. The summed E-state index contributed by atoms with van der Waals surface area (Å²) in [6.45, 7) is 4.66. The Balaban J connectivity index is 1.97. The molecule has 26 heavy (non-hydrogen) atoms. The van der Waals surface area contributed by atoms with E-state index in [1.54, 1.807) is 25.4 Å². The zero-order valence-corrected chi connectivity index (χ0v) is 15.2. The van der Waals surface area contributed by atoms with Gasteiger partial charge >= 0.3 is 0 Å². The van der Waals surface area contributed by atoms with E-state index >= 15 is 0 Å². The lowest BCUT2D eigenvalue weighted by Gasteiger charge is -2.14. The molecule has 1 aromatic carbocycles. The minimum Gasteiger partial charge on any atom is -0.475 e. The summed E-state index contributed by atoms with van der Waals surface area (Å²) in [5, 5.41) is 6.45. The fraction of sp³-hybridized carbons (Fsp3) is 0.368. The van der Waals surface area contributed by atoms with Crippen LogP contribution in [0.4, 0.5) is 4.39 Å². The van der Waals surface area contributed by atoms with Gasteiger partial charge in [-0.25, -0.2) is 14.4 Å². The maximum absolute atomic E-state index is 13.0. The Labute approximate surface area is 153 Å². The van der Waals surface area contributed by atoms with Crippen molar-refractivity contribution in [2.24, 2.45) is 4.99 Å². The topological polar surface area (TPSA) is 67.8 Å². The molecule has 2 aromatic rings. The van der Waals surface area contributed by atoms with Gasteiger partial charge < -0.3 is 20.1 Å². The zero-order valence-electron chi connectivity index (χ0n) is 15.2. The first kappa shape index (κ1) is 19.7. The molecular weight excluding hydrogens is 335 g/mol. The van der Waals surface area contributed by atoms with Crippen LogP contribution in [0.2, 0.25) is 0 Å². The number of halogens is 1. The van der Waals surface area contributed by atoms with Gasteiger partial charge in [-0.15, -0.1) is 0 Å². The van der Waals surface area contributed by atoms with Crippen LogP contribution in [0, 0.1) is 5.82 Å². The molecule has 7 heteroatoms. The highest BCUT2D eigenvalue weighted by Gasteiger charge is 2.06. The molecule has 0 saturated carbocycles. The molecule has 0 aliphatic carbocycles. The van der Waals surface area contributed by atoms with Gasteiger partial charge in [0.2, 0.25) is 5.88 Å². The lowest BCUT2D eigenvalue weighted by atomic mass is 10.2. The molecule has 0 aliphatic heterocycles. The van der Waals surface area contributed by atoms with Crippen LogP contribution < -0.4 is 15.4 Å². The monoisotopic (exact) mass is 360 g/mol. The zero-order chi connectivity index (χ0) is 18.6. The quantitative estimate of drug-likeness (QED) is 0.409. The third kappa shape index (κ3) is 6.68. The van der Waals surface area contributed by atoms with Crippen LogP contribution in [0.15, 0.2) is 47.6 Å². The minimum atomic E-state index is -0.250. The fourth-order valence-corrected chi connectivity index (χ4v) is 2.19. The number of nitrogens with zero attached hydrogens (tertiary/aromatic N) is 2. The summed E-state index contributed by atoms with van der Waals surface area (Å²) >= 11 is 0. The van der Waals surface area contributed by atoms with E-state index in [1.165, 1.54) is 12.1 Å². The number of nitrogens with one attached hydrogen (secondary N) is 2. The highest BCUT2D eigenvalue weighted by Crippen LogP contribution is 2.13. The Bertz CT molecular complexity index is 692. The van der Waals surface area contributed by atoms with Crippen molar-refractivity contribution < 1.29 is 13.9 Å². The number of aromatic nitrogens is 1. The molecule has 6 nitrogen and oxygen atoms in total. The molecule has 1 aromatic heterocycles. The average molecular weight is 360 g/mol. The molecular formula is C19H25FN4O2. The maximum atomic E-state index is 13.0. The number of aliphatic imine (C=N–C) groups is 1. The third-order valence-corrected chi connectivity index (χ3v) is 3.50. The second-order valence-corrected chi connectivity index (χ2v) is 5.48. The van der Waals surface area contributed by atoms with Crippen LogP contribution in [0.5, 0.6) is 5.88 Å². The van der Waals surface area contributed by atoms with Gasteiger partial charge in [-0.1, -0.05) is 18.2 Å². The Kier molecular flexibility index (Phi) is 8.35. The molecule has 0 spiro atoms. The highest BCUT2D eigenvalue weighted by atomic mass is 19.1. The van der Waals surface area contributed by atoms with Crippen LogP contribution in [0.1, 0.15) is 18.1 Å². The van der Waals surface area contributed by atoms with Crippen molar-refractivity contribution in [3.63, 3.8) is 0 Å². The number of hydrogen-bond donors (Lipinski definition) is 2. The van der Waals surface area contributed by atoms with E-state index in [0.29, 0.717) is 38.1 Å². The first-order chi connectivity index (χ1) is 12.7. The first-order valence-electron chi connectivity index (χ1n) is 8.55. The Morgan fingerprint density at radius 2 is 1.96 bits per heavy atom. The average Bonchev–Trinajstić information content (AvgIpc) is 2.66. The fourth-order valence-electron chi connectivity index (χ4n) is 2.19. The molecule has 0 bridgehead atoms. The minimum absolute atomic E-state index is 0.250. The van der Waals surface area contributed by atoms with Gasteiger partial charge in [0.25, 0.3) is 0 Å². The second-order valence-electron chi connectivity index (χ2n) is 5.48.